The fourth-order valence-corrected chi connectivity index (χ4v) is 3.31. The van der Waals surface area contributed by atoms with Crippen LogP contribution in [0, 0.1) is 24.1 Å². The van der Waals surface area contributed by atoms with Gasteiger partial charge in [-0.2, -0.15) is 0 Å². The van der Waals surface area contributed by atoms with E-state index < -0.39 is 0 Å². The second kappa shape index (κ2) is 5.96. The smallest absolute Gasteiger partial charge is 0.126 e. The molecule has 0 aliphatic carbocycles. The maximum atomic E-state index is 13.8. The predicted octanol–water partition coefficient (Wildman–Crippen LogP) is 4.42. The Morgan fingerprint density at radius 1 is 1.24 bits per heavy atom. The highest BCUT2D eigenvalue weighted by molar-refractivity contribution is 5.57. The van der Waals surface area contributed by atoms with Crippen LogP contribution in [0.3, 0.4) is 0 Å². The van der Waals surface area contributed by atoms with Crippen molar-refractivity contribution in [2.24, 2.45) is 17.1 Å². The van der Waals surface area contributed by atoms with Gasteiger partial charge in [-0.25, -0.2) is 4.39 Å². The van der Waals surface area contributed by atoms with Gasteiger partial charge in [0.05, 0.1) is 0 Å². The van der Waals surface area contributed by atoms with Crippen molar-refractivity contribution in [1.82, 2.24) is 0 Å². The van der Waals surface area contributed by atoms with E-state index in [0.29, 0.717) is 11.0 Å². The number of piperidine rings is 1. The van der Waals surface area contributed by atoms with E-state index in [2.05, 4.69) is 25.7 Å². The van der Waals surface area contributed by atoms with Gasteiger partial charge in [-0.1, -0.05) is 20.8 Å². The molecule has 0 spiro atoms. The Balaban J connectivity index is 2.22. The molecule has 118 valence electrons. The lowest BCUT2D eigenvalue weighted by Gasteiger charge is -2.40. The first kappa shape index (κ1) is 16.3. The maximum absolute atomic E-state index is 13.8. The Bertz CT molecular complexity index is 495. The van der Waals surface area contributed by atoms with E-state index in [9.17, 15) is 4.39 Å². The van der Waals surface area contributed by atoms with Gasteiger partial charge >= 0.3 is 0 Å². The first-order valence-corrected chi connectivity index (χ1v) is 8.00. The fourth-order valence-electron chi connectivity index (χ4n) is 3.31. The summed E-state index contributed by atoms with van der Waals surface area (Å²) in [7, 11) is 0. The van der Waals surface area contributed by atoms with Crippen LogP contribution in [-0.2, 0) is 0 Å². The predicted molar refractivity (Wildman–Crippen MR) is 88.1 cm³/mol. The number of anilines is 1. The van der Waals surface area contributed by atoms with Crippen molar-refractivity contribution in [3.8, 4) is 0 Å². The minimum absolute atomic E-state index is 0.143. The Kier molecular flexibility index (Phi) is 4.62. The Morgan fingerprint density at radius 2 is 1.81 bits per heavy atom. The summed E-state index contributed by atoms with van der Waals surface area (Å²) in [4.78, 5) is 2.38. The molecule has 0 saturated carbocycles. The Morgan fingerprint density at radius 3 is 2.29 bits per heavy atom. The van der Waals surface area contributed by atoms with E-state index in [0.717, 1.165) is 30.3 Å². The highest BCUT2D eigenvalue weighted by Crippen LogP contribution is 2.37. The van der Waals surface area contributed by atoms with E-state index in [4.69, 9.17) is 5.73 Å². The third-order valence-corrected chi connectivity index (χ3v) is 4.86. The molecule has 1 fully saturated rings. The maximum Gasteiger partial charge on any atom is 0.126 e. The van der Waals surface area contributed by atoms with Gasteiger partial charge in [0.25, 0.3) is 0 Å². The summed E-state index contributed by atoms with van der Waals surface area (Å²) < 4.78 is 13.8. The van der Waals surface area contributed by atoms with Crippen LogP contribution in [0.5, 0.6) is 0 Å². The average Bonchev–Trinajstić information content (AvgIpc) is 2.40. The monoisotopic (exact) mass is 292 g/mol. The van der Waals surface area contributed by atoms with Crippen LogP contribution in [-0.4, -0.2) is 13.1 Å². The van der Waals surface area contributed by atoms with Crippen LogP contribution in [0.2, 0.25) is 0 Å². The van der Waals surface area contributed by atoms with Crippen LogP contribution in [0.1, 0.15) is 57.7 Å². The molecule has 0 unspecified atom stereocenters. The van der Waals surface area contributed by atoms with Crippen molar-refractivity contribution < 1.29 is 4.39 Å². The summed E-state index contributed by atoms with van der Waals surface area (Å²) >= 11 is 0. The molecule has 2 N–H and O–H groups in total. The minimum Gasteiger partial charge on any atom is -0.371 e. The summed E-state index contributed by atoms with van der Waals surface area (Å²) in [5.74, 6) is 0.602. The molecule has 0 amide bonds. The molecule has 2 rings (SSSR count). The van der Waals surface area contributed by atoms with Crippen LogP contribution in [0.4, 0.5) is 10.1 Å². The first-order valence-electron chi connectivity index (χ1n) is 8.00. The number of nitrogens with zero attached hydrogens (tertiary/aromatic N) is 1. The lowest BCUT2D eigenvalue weighted by atomic mass is 9.75. The molecule has 1 aromatic rings. The zero-order valence-corrected chi connectivity index (χ0v) is 14.0. The summed E-state index contributed by atoms with van der Waals surface area (Å²) in [5.41, 5.74) is 9.16. The molecule has 1 saturated heterocycles. The molecule has 1 heterocycles. The number of benzene rings is 1. The molecular weight excluding hydrogens is 263 g/mol. The SMILES string of the molecule is Cc1cc(N2CCC(C(C)(C)C)CC2)c([C@@H](C)N)cc1F. The molecule has 3 heteroatoms. The topological polar surface area (TPSA) is 29.3 Å². The van der Waals surface area contributed by atoms with Crippen LogP contribution in [0.15, 0.2) is 12.1 Å². The molecule has 1 aliphatic rings. The molecule has 0 radical (unpaired) electrons. The van der Waals surface area contributed by atoms with Gasteiger partial charge in [-0.15, -0.1) is 0 Å². The fraction of sp³-hybridized carbons (Fsp3) is 0.667. The van der Waals surface area contributed by atoms with Crippen molar-refractivity contribution in [3.63, 3.8) is 0 Å². The van der Waals surface area contributed by atoms with Crippen LogP contribution < -0.4 is 10.6 Å². The van der Waals surface area contributed by atoms with Crippen molar-refractivity contribution in [3.05, 3.63) is 29.1 Å². The van der Waals surface area contributed by atoms with E-state index in [1.165, 1.54) is 12.8 Å². The Labute approximate surface area is 128 Å². The lowest BCUT2D eigenvalue weighted by molar-refractivity contribution is 0.199. The highest BCUT2D eigenvalue weighted by atomic mass is 19.1. The van der Waals surface area contributed by atoms with Crippen molar-refractivity contribution in [1.29, 1.82) is 0 Å². The third kappa shape index (κ3) is 3.57. The number of hydrogen-bond acceptors (Lipinski definition) is 2. The molecule has 1 aromatic carbocycles. The number of aryl methyl sites for hydroxylation is 1. The van der Waals surface area contributed by atoms with Crippen molar-refractivity contribution in [2.75, 3.05) is 18.0 Å². The van der Waals surface area contributed by atoms with Gasteiger partial charge in [0.2, 0.25) is 0 Å². The molecule has 0 bridgehead atoms. The zero-order chi connectivity index (χ0) is 15.8. The molecule has 0 aromatic heterocycles. The second-order valence-corrected chi connectivity index (χ2v) is 7.58. The molecule has 1 atom stereocenters. The number of halogens is 1. The first-order chi connectivity index (χ1) is 9.70. The van der Waals surface area contributed by atoms with Gasteiger partial charge in [-0.3, -0.25) is 0 Å². The molecule has 1 aliphatic heterocycles. The number of hydrogen-bond donors (Lipinski definition) is 1. The Hall–Kier alpha value is -1.09. The summed E-state index contributed by atoms with van der Waals surface area (Å²) in [6.07, 6.45) is 2.39. The van der Waals surface area contributed by atoms with E-state index in [1.807, 2.05) is 19.9 Å². The van der Waals surface area contributed by atoms with Crippen molar-refractivity contribution >= 4 is 5.69 Å². The molecule has 2 nitrogen and oxygen atoms in total. The summed E-state index contributed by atoms with van der Waals surface area (Å²) in [5, 5.41) is 0. The normalized spacial score (nSPS) is 18.9. The third-order valence-electron chi connectivity index (χ3n) is 4.86. The number of nitrogens with two attached hydrogens (primary N) is 1. The minimum atomic E-state index is -0.157. The van der Waals surface area contributed by atoms with Gasteiger partial charge in [0, 0.05) is 24.8 Å². The van der Waals surface area contributed by atoms with Crippen LogP contribution >= 0.6 is 0 Å². The van der Waals surface area contributed by atoms with Gasteiger partial charge < -0.3 is 10.6 Å². The summed E-state index contributed by atoms with van der Waals surface area (Å²) in [6.45, 7) is 12.8. The van der Waals surface area contributed by atoms with E-state index in [1.54, 1.807) is 6.07 Å². The van der Waals surface area contributed by atoms with E-state index >= 15 is 0 Å². The lowest BCUT2D eigenvalue weighted by Crippen LogP contribution is -2.38. The standard InChI is InChI=1S/C18H29FN2/c1-12-10-17(15(13(2)20)11-16(12)19)21-8-6-14(7-9-21)18(3,4)5/h10-11,13-14H,6-9,20H2,1-5H3/t13-/m1/s1. The number of rotatable bonds is 2. The highest BCUT2D eigenvalue weighted by Gasteiger charge is 2.29. The largest absolute Gasteiger partial charge is 0.371 e. The van der Waals surface area contributed by atoms with Gasteiger partial charge in [0.15, 0.2) is 0 Å². The van der Waals surface area contributed by atoms with Crippen LogP contribution in [0.25, 0.3) is 0 Å². The van der Waals surface area contributed by atoms with Gasteiger partial charge in [0.1, 0.15) is 5.82 Å². The molecule has 21 heavy (non-hydrogen) atoms. The zero-order valence-electron chi connectivity index (χ0n) is 14.0. The average molecular weight is 292 g/mol. The van der Waals surface area contributed by atoms with E-state index in [-0.39, 0.29) is 11.9 Å². The van der Waals surface area contributed by atoms with Crippen molar-refractivity contribution in [2.45, 2.75) is 53.5 Å². The van der Waals surface area contributed by atoms with Gasteiger partial charge in [-0.05, 0) is 61.3 Å². The quantitative estimate of drug-likeness (QED) is 0.874. The summed E-state index contributed by atoms with van der Waals surface area (Å²) in [6, 6.07) is 3.44. The second-order valence-electron chi connectivity index (χ2n) is 7.58. The molecular formula is C18H29FN2.